The monoisotopic (exact) mass is 400 g/mol. The Morgan fingerprint density at radius 3 is 2.64 bits per heavy atom. The molecule has 2 rings (SSSR count). The predicted molar refractivity (Wildman–Crippen MR) is 117 cm³/mol. The second-order valence-corrected chi connectivity index (χ2v) is 6.68. The molecule has 0 aromatic heterocycles. The minimum absolute atomic E-state index is 0.336. The van der Waals surface area contributed by atoms with Gasteiger partial charge in [0.1, 0.15) is 5.75 Å². The van der Waals surface area contributed by atoms with E-state index in [1.165, 1.54) is 5.56 Å². The quantitative estimate of drug-likeness (QED) is 0.367. The van der Waals surface area contributed by atoms with Crippen molar-refractivity contribution < 1.29 is 14.3 Å². The number of carbonyl (C=O) groups excluding carboxylic acids is 1. The van der Waals surface area contributed by atoms with Crippen molar-refractivity contribution in [3.63, 3.8) is 0 Å². The van der Waals surface area contributed by atoms with Crippen LogP contribution < -0.4 is 15.4 Å². The summed E-state index contributed by atoms with van der Waals surface area (Å²) in [6.07, 6.45) is 1.83. The number of ether oxygens (including phenoxy) is 2. The lowest BCUT2D eigenvalue weighted by molar-refractivity contribution is 0.0526. The van der Waals surface area contributed by atoms with Gasteiger partial charge in [0, 0.05) is 12.2 Å². The largest absolute Gasteiger partial charge is 0.494 e. The van der Waals surface area contributed by atoms with Crippen LogP contribution >= 0.6 is 12.2 Å². The molecule has 0 aliphatic heterocycles. The molecule has 0 bridgehead atoms. The zero-order valence-electron chi connectivity index (χ0n) is 16.7. The molecule has 0 saturated carbocycles. The molecule has 0 aliphatic rings. The number of rotatable bonds is 9. The van der Waals surface area contributed by atoms with Crippen LogP contribution in [0.15, 0.2) is 42.5 Å². The highest BCUT2D eigenvalue weighted by Crippen LogP contribution is 2.20. The van der Waals surface area contributed by atoms with E-state index in [2.05, 4.69) is 16.7 Å². The Balaban J connectivity index is 1.84. The van der Waals surface area contributed by atoms with Crippen molar-refractivity contribution in [1.82, 2.24) is 5.32 Å². The summed E-state index contributed by atoms with van der Waals surface area (Å²) in [7, 11) is 0. The predicted octanol–water partition coefficient (Wildman–Crippen LogP) is 4.49. The Kier molecular flexibility index (Phi) is 8.75. The van der Waals surface area contributed by atoms with Gasteiger partial charge in [-0.1, -0.05) is 24.3 Å². The highest BCUT2D eigenvalue weighted by atomic mass is 32.1. The van der Waals surface area contributed by atoms with Gasteiger partial charge in [0.05, 0.1) is 18.8 Å². The zero-order valence-corrected chi connectivity index (χ0v) is 17.5. The van der Waals surface area contributed by atoms with Crippen LogP contribution in [0.25, 0.3) is 0 Å². The molecule has 2 aromatic rings. The first-order valence-corrected chi connectivity index (χ1v) is 9.99. The lowest BCUT2D eigenvalue weighted by Crippen LogP contribution is -2.29. The van der Waals surface area contributed by atoms with Crippen molar-refractivity contribution in [3.05, 3.63) is 59.2 Å². The van der Waals surface area contributed by atoms with Gasteiger partial charge in [-0.3, -0.25) is 0 Å². The second-order valence-electron chi connectivity index (χ2n) is 6.28. The second kappa shape index (κ2) is 11.3. The van der Waals surface area contributed by atoms with E-state index in [0.717, 1.165) is 36.4 Å². The average molecular weight is 401 g/mol. The third-order valence-electron chi connectivity index (χ3n) is 4.18. The smallest absolute Gasteiger partial charge is 0.338 e. The van der Waals surface area contributed by atoms with Gasteiger partial charge >= 0.3 is 5.97 Å². The van der Waals surface area contributed by atoms with Gasteiger partial charge in [0.2, 0.25) is 0 Å². The normalized spacial score (nSPS) is 10.2. The topological polar surface area (TPSA) is 59.6 Å². The van der Waals surface area contributed by atoms with Gasteiger partial charge in [-0.2, -0.15) is 0 Å². The molecule has 0 atom stereocenters. The van der Waals surface area contributed by atoms with Gasteiger partial charge in [0.25, 0.3) is 0 Å². The van der Waals surface area contributed by atoms with E-state index in [9.17, 15) is 4.79 Å². The summed E-state index contributed by atoms with van der Waals surface area (Å²) in [5.41, 5.74) is 3.50. The Morgan fingerprint density at radius 2 is 1.89 bits per heavy atom. The molecule has 0 radical (unpaired) electrons. The van der Waals surface area contributed by atoms with E-state index in [-0.39, 0.29) is 5.97 Å². The summed E-state index contributed by atoms with van der Waals surface area (Å²) in [5, 5.41) is 6.91. The minimum atomic E-state index is -0.336. The molecule has 0 saturated heterocycles. The maximum Gasteiger partial charge on any atom is 0.338 e. The third kappa shape index (κ3) is 6.53. The molecule has 5 nitrogen and oxygen atoms in total. The Morgan fingerprint density at radius 1 is 1.11 bits per heavy atom. The van der Waals surface area contributed by atoms with Gasteiger partial charge in [-0.15, -0.1) is 0 Å². The average Bonchev–Trinajstić information content (AvgIpc) is 2.68. The van der Waals surface area contributed by atoms with Crippen LogP contribution in [0.1, 0.15) is 41.8 Å². The van der Waals surface area contributed by atoms with E-state index < -0.39 is 0 Å². The van der Waals surface area contributed by atoms with Crippen molar-refractivity contribution >= 4 is 29.0 Å². The minimum Gasteiger partial charge on any atom is -0.494 e. The van der Waals surface area contributed by atoms with Crippen molar-refractivity contribution in [2.24, 2.45) is 0 Å². The molecule has 0 heterocycles. The molecule has 0 spiro atoms. The van der Waals surface area contributed by atoms with Crippen molar-refractivity contribution in [1.29, 1.82) is 0 Å². The fraction of sp³-hybridized carbons (Fsp3) is 0.364. The molecule has 2 aromatic carbocycles. The highest BCUT2D eigenvalue weighted by molar-refractivity contribution is 7.80. The van der Waals surface area contributed by atoms with Crippen LogP contribution in [0.2, 0.25) is 0 Å². The molecular formula is C22H28N2O3S. The van der Waals surface area contributed by atoms with Crippen molar-refractivity contribution in [2.45, 2.75) is 33.6 Å². The number of aryl methyl sites for hydroxylation is 2. The van der Waals surface area contributed by atoms with Crippen LogP contribution in [-0.2, 0) is 11.2 Å². The third-order valence-corrected chi connectivity index (χ3v) is 4.42. The Labute approximate surface area is 172 Å². The lowest BCUT2D eigenvalue weighted by atomic mass is 10.1. The fourth-order valence-electron chi connectivity index (χ4n) is 2.75. The summed E-state index contributed by atoms with van der Waals surface area (Å²) in [4.78, 5) is 11.9. The van der Waals surface area contributed by atoms with Gasteiger partial charge < -0.3 is 20.1 Å². The molecule has 6 heteroatoms. The zero-order chi connectivity index (χ0) is 20.4. The fourth-order valence-corrected chi connectivity index (χ4v) is 2.96. The first-order chi connectivity index (χ1) is 13.5. The summed E-state index contributed by atoms with van der Waals surface area (Å²) in [6.45, 7) is 7.49. The van der Waals surface area contributed by atoms with E-state index in [1.54, 1.807) is 19.1 Å². The SMILES string of the molecule is CCOC(=O)c1ccc(C)c(NC(=S)NCCCc2ccccc2OCC)c1. The molecule has 150 valence electrons. The summed E-state index contributed by atoms with van der Waals surface area (Å²) in [5.74, 6) is 0.606. The number of benzene rings is 2. The van der Waals surface area contributed by atoms with Gasteiger partial charge in [-0.25, -0.2) is 4.79 Å². The molecule has 0 fully saturated rings. The maximum absolute atomic E-state index is 11.9. The first kappa shape index (κ1) is 21.7. The molecule has 0 amide bonds. The van der Waals surface area contributed by atoms with E-state index in [4.69, 9.17) is 21.7 Å². The first-order valence-electron chi connectivity index (χ1n) is 9.58. The summed E-state index contributed by atoms with van der Waals surface area (Å²) < 4.78 is 10.7. The molecular weight excluding hydrogens is 372 g/mol. The maximum atomic E-state index is 11.9. The molecule has 0 unspecified atom stereocenters. The standard InChI is InChI=1S/C22H28N2O3S/c1-4-26-20-11-7-6-9-17(20)10-8-14-23-22(28)24-19-15-18(13-12-16(19)3)21(25)27-5-2/h6-7,9,11-13,15H,4-5,8,10,14H2,1-3H3,(H2,23,24,28). The lowest BCUT2D eigenvalue weighted by Gasteiger charge is -2.14. The number of hydrogen-bond donors (Lipinski definition) is 2. The molecule has 28 heavy (non-hydrogen) atoms. The Hall–Kier alpha value is -2.60. The van der Waals surface area contributed by atoms with Gasteiger partial charge in [0.15, 0.2) is 5.11 Å². The Bertz CT molecular complexity index is 808. The van der Waals surface area contributed by atoms with Crippen LogP contribution in [0.5, 0.6) is 5.75 Å². The van der Waals surface area contributed by atoms with E-state index in [1.807, 2.05) is 38.1 Å². The van der Waals surface area contributed by atoms with Crippen molar-refractivity contribution in [2.75, 3.05) is 25.1 Å². The number of thiocarbonyl (C=S) groups is 1. The van der Waals surface area contributed by atoms with E-state index >= 15 is 0 Å². The van der Waals surface area contributed by atoms with Crippen LogP contribution in [0.4, 0.5) is 5.69 Å². The van der Waals surface area contributed by atoms with E-state index in [0.29, 0.717) is 23.9 Å². The highest BCUT2D eigenvalue weighted by Gasteiger charge is 2.10. The van der Waals surface area contributed by atoms with Gasteiger partial charge in [-0.05, 0) is 75.2 Å². The number of para-hydroxylation sites is 1. The number of hydrogen-bond acceptors (Lipinski definition) is 4. The van der Waals surface area contributed by atoms with Crippen LogP contribution in [-0.4, -0.2) is 30.8 Å². The number of anilines is 1. The number of nitrogens with one attached hydrogen (secondary N) is 2. The molecule has 2 N–H and O–H groups in total. The van der Waals surface area contributed by atoms with Crippen LogP contribution in [0.3, 0.4) is 0 Å². The summed E-state index contributed by atoms with van der Waals surface area (Å²) >= 11 is 5.39. The summed E-state index contributed by atoms with van der Waals surface area (Å²) in [6, 6.07) is 13.5. The van der Waals surface area contributed by atoms with Crippen LogP contribution in [0, 0.1) is 6.92 Å². The number of carbonyl (C=O) groups is 1. The number of esters is 1. The molecule has 0 aliphatic carbocycles. The van der Waals surface area contributed by atoms with Crippen molar-refractivity contribution in [3.8, 4) is 5.75 Å².